The summed E-state index contributed by atoms with van der Waals surface area (Å²) in [5, 5.41) is 9.44. The van der Waals surface area contributed by atoms with Crippen molar-refractivity contribution < 1.29 is 9.90 Å². The maximum atomic E-state index is 11.5. The number of carboxylic acid groups (broad SMARTS) is 1. The highest BCUT2D eigenvalue weighted by Gasteiger charge is 2.41. The summed E-state index contributed by atoms with van der Waals surface area (Å²) >= 11 is 0. The smallest absolute Gasteiger partial charge is 0.311 e. The Kier molecular flexibility index (Phi) is 4.23. The van der Waals surface area contributed by atoms with Gasteiger partial charge in [-0.2, -0.15) is 0 Å². The number of carbonyl (C=O) groups is 1. The van der Waals surface area contributed by atoms with Gasteiger partial charge in [0.1, 0.15) is 0 Å². The number of hydrogen-bond donors (Lipinski definition) is 2. The van der Waals surface area contributed by atoms with E-state index in [1.165, 1.54) is 0 Å². The van der Waals surface area contributed by atoms with Gasteiger partial charge in [-0.3, -0.25) is 9.78 Å². The molecule has 3 N–H and O–H groups in total. The zero-order valence-corrected chi connectivity index (χ0v) is 10.6. The number of aryl methyl sites for hydroxylation is 1. The van der Waals surface area contributed by atoms with E-state index in [9.17, 15) is 9.90 Å². The molecular weight excluding hydrogens is 216 g/mol. The predicted octanol–water partition coefficient (Wildman–Crippen LogP) is 1.62. The number of rotatable bonds is 5. The molecule has 17 heavy (non-hydrogen) atoms. The SMILES string of the molecule is Cc1cccnc1CC(CN)(C(=O)O)C(C)C. The van der Waals surface area contributed by atoms with E-state index in [4.69, 9.17) is 5.73 Å². The average molecular weight is 236 g/mol. The van der Waals surface area contributed by atoms with Gasteiger partial charge in [0, 0.05) is 24.9 Å². The lowest BCUT2D eigenvalue weighted by atomic mass is 9.73. The molecule has 1 aromatic rings. The molecule has 0 saturated carbocycles. The molecule has 0 aromatic carbocycles. The summed E-state index contributed by atoms with van der Waals surface area (Å²) in [6.45, 7) is 5.83. The second kappa shape index (κ2) is 5.27. The van der Waals surface area contributed by atoms with Crippen LogP contribution in [0.3, 0.4) is 0 Å². The molecule has 94 valence electrons. The van der Waals surface area contributed by atoms with Crippen LogP contribution >= 0.6 is 0 Å². The zero-order valence-electron chi connectivity index (χ0n) is 10.6. The van der Waals surface area contributed by atoms with Crippen LogP contribution in [0.2, 0.25) is 0 Å². The van der Waals surface area contributed by atoms with Gasteiger partial charge in [0.25, 0.3) is 0 Å². The number of pyridine rings is 1. The first kappa shape index (κ1) is 13.6. The van der Waals surface area contributed by atoms with Crippen molar-refractivity contribution in [3.63, 3.8) is 0 Å². The van der Waals surface area contributed by atoms with Crippen molar-refractivity contribution in [3.05, 3.63) is 29.6 Å². The first-order valence-electron chi connectivity index (χ1n) is 5.78. The van der Waals surface area contributed by atoms with Gasteiger partial charge < -0.3 is 10.8 Å². The van der Waals surface area contributed by atoms with E-state index in [1.807, 2.05) is 32.9 Å². The van der Waals surface area contributed by atoms with E-state index in [-0.39, 0.29) is 12.5 Å². The summed E-state index contributed by atoms with van der Waals surface area (Å²) < 4.78 is 0. The molecular formula is C13H20N2O2. The number of aliphatic carboxylic acids is 1. The van der Waals surface area contributed by atoms with Gasteiger partial charge >= 0.3 is 5.97 Å². The minimum absolute atomic E-state index is 0.0357. The van der Waals surface area contributed by atoms with Gasteiger partial charge in [0.2, 0.25) is 0 Å². The molecule has 1 heterocycles. The van der Waals surface area contributed by atoms with Crippen LogP contribution in [0.15, 0.2) is 18.3 Å². The maximum Gasteiger partial charge on any atom is 0.311 e. The number of nitrogens with zero attached hydrogens (tertiary/aromatic N) is 1. The van der Waals surface area contributed by atoms with Crippen LogP contribution in [-0.2, 0) is 11.2 Å². The molecule has 4 heteroatoms. The van der Waals surface area contributed by atoms with Crippen LogP contribution in [-0.4, -0.2) is 22.6 Å². The average Bonchev–Trinajstić information content (AvgIpc) is 2.27. The van der Waals surface area contributed by atoms with Gasteiger partial charge in [0.15, 0.2) is 0 Å². The Morgan fingerprint density at radius 1 is 1.59 bits per heavy atom. The number of hydrogen-bond acceptors (Lipinski definition) is 3. The van der Waals surface area contributed by atoms with E-state index >= 15 is 0 Å². The van der Waals surface area contributed by atoms with E-state index in [0.717, 1.165) is 11.3 Å². The third-order valence-corrected chi connectivity index (χ3v) is 3.50. The molecule has 0 bridgehead atoms. The van der Waals surface area contributed by atoms with E-state index in [1.54, 1.807) is 6.20 Å². The van der Waals surface area contributed by atoms with Crippen LogP contribution in [0.25, 0.3) is 0 Å². The van der Waals surface area contributed by atoms with E-state index < -0.39 is 11.4 Å². The van der Waals surface area contributed by atoms with Crippen molar-refractivity contribution in [3.8, 4) is 0 Å². The van der Waals surface area contributed by atoms with Crippen molar-refractivity contribution in [2.45, 2.75) is 27.2 Å². The molecule has 0 fully saturated rings. The summed E-state index contributed by atoms with van der Waals surface area (Å²) in [6, 6.07) is 3.78. The second-order valence-electron chi connectivity index (χ2n) is 4.76. The first-order valence-corrected chi connectivity index (χ1v) is 5.78. The molecule has 0 amide bonds. The molecule has 0 radical (unpaired) electrons. The first-order chi connectivity index (χ1) is 7.94. The summed E-state index contributed by atoms with van der Waals surface area (Å²) in [4.78, 5) is 15.8. The Morgan fingerprint density at radius 3 is 2.65 bits per heavy atom. The molecule has 1 rings (SSSR count). The van der Waals surface area contributed by atoms with Crippen molar-refractivity contribution >= 4 is 5.97 Å². The standard InChI is InChI=1S/C13H20N2O2/c1-9(2)13(8-14,12(16)17)7-11-10(3)5-4-6-15-11/h4-6,9H,7-8,14H2,1-3H3,(H,16,17). The van der Waals surface area contributed by atoms with E-state index in [0.29, 0.717) is 6.42 Å². The molecule has 1 aromatic heterocycles. The molecule has 0 aliphatic heterocycles. The monoisotopic (exact) mass is 236 g/mol. The van der Waals surface area contributed by atoms with Crippen LogP contribution in [0.4, 0.5) is 0 Å². The Balaban J connectivity index is 3.11. The number of aromatic nitrogens is 1. The third kappa shape index (κ3) is 2.64. The van der Waals surface area contributed by atoms with Crippen molar-refractivity contribution in [1.29, 1.82) is 0 Å². The quantitative estimate of drug-likeness (QED) is 0.814. The second-order valence-corrected chi connectivity index (χ2v) is 4.76. The zero-order chi connectivity index (χ0) is 13.1. The highest BCUT2D eigenvalue weighted by molar-refractivity contribution is 5.75. The Labute approximate surface area is 102 Å². The largest absolute Gasteiger partial charge is 0.481 e. The Bertz CT molecular complexity index is 404. The van der Waals surface area contributed by atoms with Gasteiger partial charge in [-0.25, -0.2) is 0 Å². The molecule has 1 atom stereocenters. The van der Waals surface area contributed by atoms with Gasteiger partial charge in [-0.1, -0.05) is 19.9 Å². The highest BCUT2D eigenvalue weighted by Crippen LogP contribution is 2.31. The normalized spacial score (nSPS) is 14.6. The Morgan fingerprint density at radius 2 is 2.24 bits per heavy atom. The third-order valence-electron chi connectivity index (χ3n) is 3.50. The number of nitrogens with two attached hydrogens (primary N) is 1. The summed E-state index contributed by atoms with van der Waals surface area (Å²) in [7, 11) is 0. The lowest BCUT2D eigenvalue weighted by Crippen LogP contribution is -2.45. The summed E-state index contributed by atoms with van der Waals surface area (Å²) in [6.07, 6.45) is 2.06. The van der Waals surface area contributed by atoms with Crippen molar-refractivity contribution in [2.24, 2.45) is 17.1 Å². The fourth-order valence-corrected chi connectivity index (χ4v) is 1.92. The predicted molar refractivity (Wildman–Crippen MR) is 66.6 cm³/mol. The molecule has 0 saturated heterocycles. The highest BCUT2D eigenvalue weighted by atomic mass is 16.4. The molecule has 4 nitrogen and oxygen atoms in total. The molecule has 0 aliphatic rings. The molecule has 0 aliphatic carbocycles. The summed E-state index contributed by atoms with van der Waals surface area (Å²) in [5.74, 6) is -0.883. The molecule has 1 unspecified atom stereocenters. The topological polar surface area (TPSA) is 76.2 Å². The number of carboxylic acids is 1. The van der Waals surface area contributed by atoms with Gasteiger partial charge in [-0.05, 0) is 24.5 Å². The van der Waals surface area contributed by atoms with Crippen LogP contribution in [0.5, 0.6) is 0 Å². The Hall–Kier alpha value is -1.42. The lowest BCUT2D eigenvalue weighted by Gasteiger charge is -2.32. The van der Waals surface area contributed by atoms with Crippen LogP contribution in [0, 0.1) is 18.3 Å². The minimum Gasteiger partial charge on any atom is -0.481 e. The van der Waals surface area contributed by atoms with Crippen LogP contribution in [0.1, 0.15) is 25.1 Å². The summed E-state index contributed by atoms with van der Waals surface area (Å²) in [5.41, 5.74) is 6.59. The lowest BCUT2D eigenvalue weighted by molar-refractivity contribution is -0.151. The minimum atomic E-state index is -0.931. The molecule has 0 spiro atoms. The fraction of sp³-hybridized carbons (Fsp3) is 0.538. The fourth-order valence-electron chi connectivity index (χ4n) is 1.92. The van der Waals surface area contributed by atoms with Gasteiger partial charge in [-0.15, -0.1) is 0 Å². The maximum absolute atomic E-state index is 11.5. The van der Waals surface area contributed by atoms with Crippen LogP contribution < -0.4 is 5.73 Å². The van der Waals surface area contributed by atoms with Crippen molar-refractivity contribution in [1.82, 2.24) is 4.98 Å². The van der Waals surface area contributed by atoms with E-state index in [2.05, 4.69) is 4.98 Å². The van der Waals surface area contributed by atoms with Crippen molar-refractivity contribution in [2.75, 3.05) is 6.54 Å². The van der Waals surface area contributed by atoms with Gasteiger partial charge in [0.05, 0.1) is 5.41 Å².